The smallest absolute Gasteiger partial charge is 0.319 e. The second-order valence-electron chi connectivity index (χ2n) is 7.41. The zero-order valence-electron chi connectivity index (χ0n) is 18.4. The number of benzene rings is 2. The van der Waals surface area contributed by atoms with Crippen LogP contribution in [0.1, 0.15) is 12.0 Å². The van der Waals surface area contributed by atoms with Crippen molar-refractivity contribution in [2.75, 3.05) is 35.6 Å². The summed E-state index contributed by atoms with van der Waals surface area (Å²) in [7, 11) is -3.63. The van der Waals surface area contributed by atoms with E-state index in [4.69, 9.17) is 0 Å². The molecule has 1 aromatic heterocycles. The third-order valence-corrected chi connectivity index (χ3v) is 6.23. The maximum atomic E-state index is 13.2. The number of nitrogens with zero attached hydrogens (tertiary/aromatic N) is 2. The minimum absolute atomic E-state index is 0.0369. The van der Waals surface area contributed by atoms with Gasteiger partial charge in [0.15, 0.2) is 0 Å². The molecular weight excluding hydrogens is 473 g/mol. The van der Waals surface area contributed by atoms with Gasteiger partial charge in [-0.15, -0.1) is 0 Å². The summed E-state index contributed by atoms with van der Waals surface area (Å²) in [5.41, 5.74) is 1.35. The van der Waals surface area contributed by atoms with E-state index in [1.807, 2.05) is 0 Å². The van der Waals surface area contributed by atoms with Crippen LogP contribution in [0.25, 0.3) is 0 Å². The average Bonchev–Trinajstić information content (AvgIpc) is 2.83. The summed E-state index contributed by atoms with van der Waals surface area (Å²) in [6, 6.07) is 11.4. The molecule has 10 nitrogen and oxygen atoms in total. The molecule has 0 aliphatic carbocycles. The Hall–Kier alpha value is -4.21. The van der Waals surface area contributed by atoms with E-state index in [9.17, 15) is 17.6 Å². The number of halogens is 1. The molecule has 4 rings (SSSR count). The molecule has 0 spiro atoms. The van der Waals surface area contributed by atoms with Gasteiger partial charge in [0.2, 0.25) is 16.0 Å². The van der Waals surface area contributed by atoms with E-state index in [1.165, 1.54) is 36.5 Å². The van der Waals surface area contributed by atoms with Crippen LogP contribution in [0.5, 0.6) is 0 Å². The third kappa shape index (κ3) is 6.66. The van der Waals surface area contributed by atoms with Crippen LogP contribution in [-0.4, -0.2) is 44.1 Å². The number of sulfonamides is 1. The fourth-order valence-corrected chi connectivity index (χ4v) is 4.25. The van der Waals surface area contributed by atoms with Crippen molar-refractivity contribution >= 4 is 39.2 Å². The molecule has 35 heavy (non-hydrogen) atoms. The first-order valence-corrected chi connectivity index (χ1v) is 12.1. The van der Waals surface area contributed by atoms with Crippen LogP contribution in [0.4, 0.5) is 32.3 Å². The second-order valence-corrected chi connectivity index (χ2v) is 9.17. The van der Waals surface area contributed by atoms with E-state index in [0.29, 0.717) is 35.7 Å². The van der Waals surface area contributed by atoms with Gasteiger partial charge in [-0.05, 0) is 42.8 Å². The van der Waals surface area contributed by atoms with Gasteiger partial charge in [-0.3, -0.25) is 0 Å². The lowest BCUT2D eigenvalue weighted by molar-refractivity contribution is 0.253. The Bertz CT molecular complexity index is 1400. The van der Waals surface area contributed by atoms with Crippen molar-refractivity contribution < 1.29 is 17.6 Å². The molecule has 0 saturated carbocycles. The Balaban J connectivity index is 1.45. The molecule has 2 amide bonds. The standard InChI is InChI=1S/C23H22FN7O3S/c24-17-6-1-7-18(13-17)30-23(32)26-10-3-5-16-15-27-22-29-19-8-2-9-20(14-19)35(33,34)28-12-4-11-25-21(16)31-22/h1-2,6-9,13-15,28H,4,10-12H2,(H2,26,30,32)(H2,25,27,29,31). The number of amides is 2. The van der Waals surface area contributed by atoms with Crippen LogP contribution in [-0.2, 0) is 10.0 Å². The molecule has 0 radical (unpaired) electrons. The monoisotopic (exact) mass is 495 g/mol. The van der Waals surface area contributed by atoms with Crippen molar-refractivity contribution in [2.45, 2.75) is 11.3 Å². The van der Waals surface area contributed by atoms with Gasteiger partial charge in [0.05, 0.1) is 23.2 Å². The van der Waals surface area contributed by atoms with E-state index in [-0.39, 0.29) is 23.9 Å². The first kappa shape index (κ1) is 23.9. The molecule has 4 bridgehead atoms. The minimum Gasteiger partial charge on any atom is -0.369 e. The summed E-state index contributed by atoms with van der Waals surface area (Å²) in [6.07, 6.45) is 2.05. The van der Waals surface area contributed by atoms with Gasteiger partial charge in [0.25, 0.3) is 0 Å². The maximum Gasteiger partial charge on any atom is 0.319 e. The number of carbonyl (C=O) groups is 1. The quantitative estimate of drug-likeness (QED) is 0.345. The van der Waals surface area contributed by atoms with Crippen LogP contribution in [0, 0.1) is 17.7 Å². The molecule has 2 aromatic carbocycles. The lowest BCUT2D eigenvalue weighted by Gasteiger charge is -2.10. The van der Waals surface area contributed by atoms with Crippen molar-refractivity contribution in [3.63, 3.8) is 0 Å². The largest absolute Gasteiger partial charge is 0.369 e. The van der Waals surface area contributed by atoms with Gasteiger partial charge in [0.1, 0.15) is 11.6 Å². The maximum absolute atomic E-state index is 13.2. The number of fused-ring (bicyclic) bond motifs is 4. The first-order valence-electron chi connectivity index (χ1n) is 10.7. The Morgan fingerprint density at radius 1 is 1.14 bits per heavy atom. The molecule has 1 aliphatic heterocycles. The van der Waals surface area contributed by atoms with Gasteiger partial charge in [-0.1, -0.05) is 24.0 Å². The normalized spacial score (nSPS) is 14.3. The van der Waals surface area contributed by atoms with Crippen LogP contribution < -0.4 is 26.0 Å². The molecule has 180 valence electrons. The van der Waals surface area contributed by atoms with Crippen LogP contribution in [0.3, 0.4) is 0 Å². The number of nitrogens with one attached hydrogen (secondary N) is 5. The van der Waals surface area contributed by atoms with Gasteiger partial charge in [-0.2, -0.15) is 4.98 Å². The molecule has 12 heteroatoms. The van der Waals surface area contributed by atoms with E-state index < -0.39 is 21.9 Å². The lowest BCUT2D eigenvalue weighted by atomic mass is 10.3. The summed E-state index contributed by atoms with van der Waals surface area (Å²) < 4.78 is 40.7. The second kappa shape index (κ2) is 10.8. The molecular formula is C23H22FN7O3S. The molecule has 2 heterocycles. The number of hydrogen-bond donors (Lipinski definition) is 5. The number of rotatable bonds is 2. The average molecular weight is 496 g/mol. The molecule has 5 N–H and O–H groups in total. The lowest BCUT2D eigenvalue weighted by Crippen LogP contribution is -2.28. The summed E-state index contributed by atoms with van der Waals surface area (Å²) >= 11 is 0. The summed E-state index contributed by atoms with van der Waals surface area (Å²) in [5.74, 6) is 6.04. The topological polar surface area (TPSA) is 137 Å². The molecule has 0 saturated heterocycles. The first-order chi connectivity index (χ1) is 16.9. The Labute approximate surface area is 201 Å². The van der Waals surface area contributed by atoms with E-state index in [1.54, 1.807) is 18.2 Å². The van der Waals surface area contributed by atoms with Gasteiger partial charge in [-0.25, -0.2) is 27.3 Å². The summed E-state index contributed by atoms with van der Waals surface area (Å²) in [4.78, 5) is 20.8. The minimum atomic E-state index is -3.63. The predicted molar refractivity (Wildman–Crippen MR) is 130 cm³/mol. The van der Waals surface area contributed by atoms with E-state index in [2.05, 4.69) is 47.8 Å². The zero-order chi connectivity index (χ0) is 24.7. The molecule has 1 aliphatic rings. The highest BCUT2D eigenvalue weighted by Crippen LogP contribution is 2.20. The highest BCUT2D eigenvalue weighted by atomic mass is 32.2. The number of hydrogen-bond acceptors (Lipinski definition) is 7. The van der Waals surface area contributed by atoms with Crippen molar-refractivity contribution in [1.29, 1.82) is 0 Å². The highest BCUT2D eigenvalue weighted by molar-refractivity contribution is 7.89. The van der Waals surface area contributed by atoms with Crippen LogP contribution in [0.15, 0.2) is 59.6 Å². The van der Waals surface area contributed by atoms with Crippen LogP contribution in [0.2, 0.25) is 0 Å². The zero-order valence-corrected chi connectivity index (χ0v) is 19.2. The Morgan fingerprint density at radius 3 is 2.86 bits per heavy atom. The molecule has 0 fully saturated rings. The van der Waals surface area contributed by atoms with E-state index >= 15 is 0 Å². The van der Waals surface area contributed by atoms with Gasteiger partial charge >= 0.3 is 6.03 Å². The molecule has 0 atom stereocenters. The number of urea groups is 1. The van der Waals surface area contributed by atoms with Crippen molar-refractivity contribution in [1.82, 2.24) is 20.0 Å². The van der Waals surface area contributed by atoms with E-state index in [0.717, 1.165) is 0 Å². The fourth-order valence-electron chi connectivity index (χ4n) is 3.13. The van der Waals surface area contributed by atoms with Gasteiger partial charge < -0.3 is 21.3 Å². The van der Waals surface area contributed by atoms with Crippen molar-refractivity contribution in [2.24, 2.45) is 0 Å². The number of anilines is 4. The summed E-state index contributed by atoms with van der Waals surface area (Å²) in [5, 5.41) is 11.2. The molecule has 0 unspecified atom stereocenters. The third-order valence-electron chi connectivity index (χ3n) is 4.77. The number of aromatic nitrogens is 2. The Kier molecular flexibility index (Phi) is 7.39. The van der Waals surface area contributed by atoms with Gasteiger partial charge in [0, 0.05) is 24.5 Å². The SMILES string of the molecule is O=C(NCC#Cc1cnc2nc1NCCCNS(=O)(=O)c1cccc(c1)N2)Nc1cccc(F)c1. The van der Waals surface area contributed by atoms with Crippen molar-refractivity contribution in [3.8, 4) is 11.8 Å². The Morgan fingerprint density at radius 2 is 2.00 bits per heavy atom. The van der Waals surface area contributed by atoms with Crippen molar-refractivity contribution in [3.05, 3.63) is 66.1 Å². The summed E-state index contributed by atoms with van der Waals surface area (Å²) in [6.45, 7) is 0.727. The predicted octanol–water partition coefficient (Wildman–Crippen LogP) is 2.63. The number of carbonyl (C=O) groups excluding carboxylic acids is 1. The highest BCUT2D eigenvalue weighted by Gasteiger charge is 2.15. The van der Waals surface area contributed by atoms with Crippen LogP contribution >= 0.6 is 0 Å². The fraction of sp³-hybridized carbons (Fsp3) is 0.174. The molecule has 3 aromatic rings.